The smallest absolute Gasteiger partial charge is 0.331 e. The van der Waals surface area contributed by atoms with E-state index in [1.165, 1.54) is 11.8 Å². The van der Waals surface area contributed by atoms with E-state index in [9.17, 15) is 14.4 Å². The standard InChI is InChI=1S/C28H38N2O7/c1-7-29(18-21-10-14-23(34-5)15-11-21)25(27(32)36-8-2)26(28(33)37-9-3)30(20(4)31)19-22-12-16-24(35-6)17-13-22/h10-17,25-26H,7-9,18-19H2,1-6H3. The van der Waals surface area contributed by atoms with Gasteiger partial charge in [0.1, 0.15) is 17.5 Å². The molecule has 0 N–H and O–H groups in total. The van der Waals surface area contributed by atoms with Crippen molar-refractivity contribution in [3.8, 4) is 11.5 Å². The second-order valence-corrected chi connectivity index (χ2v) is 8.30. The fourth-order valence-electron chi connectivity index (χ4n) is 4.07. The van der Waals surface area contributed by atoms with Crippen LogP contribution in [0.5, 0.6) is 11.5 Å². The number of nitrogens with zero attached hydrogens (tertiary/aromatic N) is 2. The van der Waals surface area contributed by atoms with Crippen LogP contribution in [0.4, 0.5) is 0 Å². The fraction of sp³-hybridized carbons (Fsp3) is 0.464. The molecule has 2 rings (SSSR count). The van der Waals surface area contributed by atoms with Crippen LogP contribution in [0, 0.1) is 0 Å². The van der Waals surface area contributed by atoms with Crippen LogP contribution in [-0.2, 0) is 36.9 Å². The van der Waals surface area contributed by atoms with Crippen LogP contribution >= 0.6 is 0 Å². The third kappa shape index (κ3) is 8.21. The Hall–Kier alpha value is -3.59. The number of likely N-dealkylation sites (N-methyl/N-ethyl adjacent to an activating group) is 1. The molecular weight excluding hydrogens is 476 g/mol. The molecule has 9 nitrogen and oxygen atoms in total. The molecule has 0 saturated carbocycles. The summed E-state index contributed by atoms with van der Waals surface area (Å²) in [6, 6.07) is 12.3. The number of hydrogen-bond donors (Lipinski definition) is 0. The maximum atomic E-state index is 13.4. The number of hydrogen-bond acceptors (Lipinski definition) is 8. The van der Waals surface area contributed by atoms with Gasteiger partial charge in [-0.3, -0.25) is 14.5 Å². The monoisotopic (exact) mass is 514 g/mol. The molecule has 0 aliphatic carbocycles. The number of carbonyl (C=O) groups is 3. The summed E-state index contributed by atoms with van der Waals surface area (Å²) in [5, 5.41) is 0. The molecule has 2 atom stereocenters. The molecule has 2 aromatic rings. The number of methoxy groups -OCH3 is 2. The Kier molecular flexibility index (Phi) is 11.9. The Labute approximate surface area is 219 Å². The van der Waals surface area contributed by atoms with Gasteiger partial charge in [-0.05, 0) is 55.8 Å². The predicted octanol–water partition coefficient (Wildman–Crippen LogP) is 3.44. The molecule has 0 fully saturated rings. The molecule has 9 heteroatoms. The first-order valence-corrected chi connectivity index (χ1v) is 12.4. The van der Waals surface area contributed by atoms with Crippen LogP contribution in [0.3, 0.4) is 0 Å². The van der Waals surface area contributed by atoms with Gasteiger partial charge in [0.25, 0.3) is 0 Å². The van der Waals surface area contributed by atoms with Gasteiger partial charge in [0.2, 0.25) is 5.91 Å². The molecule has 0 aliphatic rings. The predicted molar refractivity (Wildman–Crippen MR) is 139 cm³/mol. The number of carbonyl (C=O) groups excluding carboxylic acids is 3. The van der Waals surface area contributed by atoms with E-state index < -0.39 is 24.0 Å². The average molecular weight is 515 g/mol. The molecule has 0 saturated heterocycles. The molecule has 0 aromatic heterocycles. The van der Waals surface area contributed by atoms with Gasteiger partial charge in [-0.25, -0.2) is 4.79 Å². The van der Waals surface area contributed by atoms with Gasteiger partial charge >= 0.3 is 11.9 Å². The quantitative estimate of drug-likeness (QED) is 0.354. The van der Waals surface area contributed by atoms with Crippen molar-refractivity contribution in [1.29, 1.82) is 0 Å². The number of ether oxygens (including phenoxy) is 4. The number of esters is 2. The summed E-state index contributed by atoms with van der Waals surface area (Å²) < 4.78 is 21.3. The first-order valence-electron chi connectivity index (χ1n) is 12.4. The minimum Gasteiger partial charge on any atom is -0.497 e. The molecule has 0 bridgehead atoms. The van der Waals surface area contributed by atoms with E-state index in [1.54, 1.807) is 40.2 Å². The summed E-state index contributed by atoms with van der Waals surface area (Å²) in [6.45, 7) is 7.73. The van der Waals surface area contributed by atoms with Crippen LogP contribution in [-0.4, -0.2) is 73.7 Å². The summed E-state index contributed by atoms with van der Waals surface area (Å²) in [6.07, 6.45) is 0. The third-order valence-corrected chi connectivity index (χ3v) is 5.95. The lowest BCUT2D eigenvalue weighted by atomic mass is 10.0. The van der Waals surface area contributed by atoms with Crippen LogP contribution < -0.4 is 9.47 Å². The number of rotatable bonds is 14. The summed E-state index contributed by atoms with van der Waals surface area (Å²) in [5.41, 5.74) is 1.68. The van der Waals surface area contributed by atoms with E-state index in [0.717, 1.165) is 11.1 Å². The van der Waals surface area contributed by atoms with Crippen LogP contribution in [0.2, 0.25) is 0 Å². The summed E-state index contributed by atoms with van der Waals surface area (Å²) in [5.74, 6) is -0.264. The van der Waals surface area contributed by atoms with Crippen molar-refractivity contribution in [2.45, 2.75) is 52.9 Å². The van der Waals surface area contributed by atoms with E-state index in [4.69, 9.17) is 18.9 Å². The topological polar surface area (TPSA) is 94.6 Å². The fourth-order valence-corrected chi connectivity index (χ4v) is 4.07. The zero-order chi connectivity index (χ0) is 27.4. The Morgan fingerprint density at radius 1 is 0.703 bits per heavy atom. The third-order valence-electron chi connectivity index (χ3n) is 5.95. The second kappa shape index (κ2) is 14.8. The molecule has 37 heavy (non-hydrogen) atoms. The van der Waals surface area contributed by atoms with Gasteiger partial charge in [-0.1, -0.05) is 31.2 Å². The van der Waals surface area contributed by atoms with Crippen molar-refractivity contribution < 1.29 is 33.3 Å². The minimum atomic E-state index is -1.23. The summed E-state index contributed by atoms with van der Waals surface area (Å²) in [7, 11) is 3.16. The first-order chi connectivity index (χ1) is 17.8. The van der Waals surface area contributed by atoms with E-state index in [2.05, 4.69) is 0 Å². The molecular formula is C28H38N2O7. The van der Waals surface area contributed by atoms with E-state index in [0.29, 0.717) is 24.6 Å². The summed E-state index contributed by atoms with van der Waals surface area (Å²) in [4.78, 5) is 43.0. The van der Waals surface area contributed by atoms with Gasteiger partial charge in [0.05, 0.1) is 27.4 Å². The van der Waals surface area contributed by atoms with Gasteiger partial charge in [0.15, 0.2) is 6.04 Å². The highest BCUT2D eigenvalue weighted by Crippen LogP contribution is 2.23. The van der Waals surface area contributed by atoms with Gasteiger partial charge in [-0.2, -0.15) is 0 Å². The maximum Gasteiger partial charge on any atom is 0.331 e. The largest absolute Gasteiger partial charge is 0.497 e. The Morgan fingerprint density at radius 3 is 1.51 bits per heavy atom. The first kappa shape index (κ1) is 29.6. The van der Waals surface area contributed by atoms with E-state index >= 15 is 0 Å². The molecule has 0 aliphatic heterocycles. The van der Waals surface area contributed by atoms with Crippen LogP contribution in [0.25, 0.3) is 0 Å². The van der Waals surface area contributed by atoms with E-state index in [-0.39, 0.29) is 25.7 Å². The molecule has 2 aromatic carbocycles. The zero-order valence-electron chi connectivity index (χ0n) is 22.6. The normalized spacial score (nSPS) is 12.4. The molecule has 0 heterocycles. The molecule has 0 radical (unpaired) electrons. The summed E-state index contributed by atoms with van der Waals surface area (Å²) >= 11 is 0. The maximum absolute atomic E-state index is 13.4. The molecule has 2 unspecified atom stereocenters. The lowest BCUT2D eigenvalue weighted by Gasteiger charge is -2.39. The highest BCUT2D eigenvalue weighted by Gasteiger charge is 2.44. The average Bonchev–Trinajstić information content (AvgIpc) is 2.90. The highest BCUT2D eigenvalue weighted by atomic mass is 16.5. The van der Waals surface area contributed by atoms with Crippen LogP contribution in [0.15, 0.2) is 48.5 Å². The van der Waals surface area contributed by atoms with Crippen molar-refractivity contribution in [3.05, 3.63) is 59.7 Å². The molecule has 1 amide bonds. The van der Waals surface area contributed by atoms with Crippen molar-refractivity contribution in [1.82, 2.24) is 9.80 Å². The number of amides is 1. The Balaban J connectivity index is 2.54. The molecule has 202 valence electrons. The van der Waals surface area contributed by atoms with Gasteiger partial charge in [-0.15, -0.1) is 0 Å². The lowest BCUT2D eigenvalue weighted by Crippen LogP contribution is -2.60. The van der Waals surface area contributed by atoms with E-state index in [1.807, 2.05) is 48.2 Å². The van der Waals surface area contributed by atoms with Crippen molar-refractivity contribution >= 4 is 17.8 Å². The Morgan fingerprint density at radius 2 is 1.14 bits per heavy atom. The lowest BCUT2D eigenvalue weighted by molar-refractivity contribution is -0.167. The van der Waals surface area contributed by atoms with Crippen molar-refractivity contribution in [2.24, 2.45) is 0 Å². The van der Waals surface area contributed by atoms with Crippen molar-refractivity contribution in [3.63, 3.8) is 0 Å². The van der Waals surface area contributed by atoms with Crippen LogP contribution in [0.1, 0.15) is 38.8 Å². The highest BCUT2D eigenvalue weighted by molar-refractivity contribution is 5.90. The van der Waals surface area contributed by atoms with Gasteiger partial charge in [0, 0.05) is 20.0 Å². The van der Waals surface area contributed by atoms with Gasteiger partial charge < -0.3 is 23.8 Å². The SMILES string of the molecule is CCOC(=O)C(C(C(=O)OCC)N(Cc1ccc(OC)cc1)C(C)=O)N(CC)Cc1ccc(OC)cc1. The number of benzene rings is 2. The zero-order valence-corrected chi connectivity index (χ0v) is 22.6. The Bertz CT molecular complexity index is 1010. The second-order valence-electron chi connectivity index (χ2n) is 8.30. The molecule has 0 spiro atoms. The van der Waals surface area contributed by atoms with Crippen molar-refractivity contribution in [2.75, 3.05) is 34.0 Å². The minimum absolute atomic E-state index is 0.0960.